The lowest BCUT2D eigenvalue weighted by Gasteiger charge is -2.37. The van der Waals surface area contributed by atoms with Crippen LogP contribution in [0.4, 0.5) is 0 Å². The predicted molar refractivity (Wildman–Crippen MR) is 74.3 cm³/mol. The van der Waals surface area contributed by atoms with Crippen LogP contribution in [0.25, 0.3) is 0 Å². The maximum Gasteiger partial charge on any atom is 0.0197 e. The predicted octanol–water partition coefficient (Wildman–Crippen LogP) is 2.89. The summed E-state index contributed by atoms with van der Waals surface area (Å²) in [4.78, 5) is 2.72. The second-order valence-electron chi connectivity index (χ2n) is 6.13. The molecule has 100 valence electrons. The molecule has 0 aromatic carbocycles. The van der Waals surface area contributed by atoms with Gasteiger partial charge in [0.25, 0.3) is 0 Å². The highest BCUT2D eigenvalue weighted by molar-refractivity contribution is 4.82. The van der Waals surface area contributed by atoms with Crippen molar-refractivity contribution in [1.29, 1.82) is 0 Å². The van der Waals surface area contributed by atoms with Crippen molar-refractivity contribution in [3.8, 4) is 0 Å². The fourth-order valence-electron chi connectivity index (χ4n) is 3.57. The van der Waals surface area contributed by atoms with E-state index in [0.29, 0.717) is 0 Å². The van der Waals surface area contributed by atoms with E-state index in [2.05, 4.69) is 24.1 Å². The van der Waals surface area contributed by atoms with E-state index in [1.165, 1.54) is 64.7 Å². The molecule has 17 heavy (non-hydrogen) atoms. The highest BCUT2D eigenvalue weighted by Gasteiger charge is 2.24. The molecule has 0 saturated carbocycles. The molecule has 0 bridgehead atoms. The molecule has 2 saturated heterocycles. The first-order valence-electron chi connectivity index (χ1n) is 7.77. The van der Waals surface area contributed by atoms with E-state index >= 15 is 0 Å². The Bertz CT molecular complexity index is 195. The van der Waals surface area contributed by atoms with E-state index in [4.69, 9.17) is 0 Å². The second kappa shape index (κ2) is 6.75. The molecule has 3 atom stereocenters. The Morgan fingerprint density at radius 2 is 1.94 bits per heavy atom. The third kappa shape index (κ3) is 3.96. The molecule has 0 aromatic rings. The molecule has 0 spiro atoms. The van der Waals surface area contributed by atoms with Crippen molar-refractivity contribution in [3.63, 3.8) is 0 Å². The number of hydrogen-bond donors (Lipinski definition) is 1. The van der Waals surface area contributed by atoms with Gasteiger partial charge in [-0.05, 0) is 50.6 Å². The summed E-state index contributed by atoms with van der Waals surface area (Å²) in [6, 6.07) is 0.768. The lowest BCUT2D eigenvalue weighted by molar-refractivity contribution is 0.140. The Morgan fingerprint density at radius 3 is 2.71 bits per heavy atom. The van der Waals surface area contributed by atoms with Crippen LogP contribution >= 0.6 is 0 Å². The molecule has 2 rings (SSSR count). The summed E-state index contributed by atoms with van der Waals surface area (Å²) in [6.07, 6.45) is 8.42. The summed E-state index contributed by atoms with van der Waals surface area (Å²) in [7, 11) is 0. The maximum absolute atomic E-state index is 3.72. The third-order valence-electron chi connectivity index (χ3n) is 4.84. The van der Waals surface area contributed by atoms with Gasteiger partial charge in [0.15, 0.2) is 0 Å². The fourth-order valence-corrected chi connectivity index (χ4v) is 3.57. The zero-order valence-electron chi connectivity index (χ0n) is 11.8. The summed E-state index contributed by atoms with van der Waals surface area (Å²) in [6.45, 7) is 9.93. The van der Waals surface area contributed by atoms with E-state index in [0.717, 1.165) is 17.9 Å². The van der Waals surface area contributed by atoms with Gasteiger partial charge >= 0.3 is 0 Å². The molecule has 2 aliphatic heterocycles. The highest BCUT2D eigenvalue weighted by Crippen LogP contribution is 2.23. The Kier molecular flexibility index (Phi) is 5.30. The Morgan fingerprint density at radius 1 is 1.12 bits per heavy atom. The van der Waals surface area contributed by atoms with E-state index in [-0.39, 0.29) is 0 Å². The minimum Gasteiger partial charge on any atom is -0.313 e. The Labute approximate surface area is 107 Å². The molecule has 2 aliphatic rings. The van der Waals surface area contributed by atoms with Gasteiger partial charge in [0, 0.05) is 19.1 Å². The third-order valence-corrected chi connectivity index (χ3v) is 4.84. The van der Waals surface area contributed by atoms with Gasteiger partial charge in [-0.15, -0.1) is 0 Å². The molecule has 2 nitrogen and oxygen atoms in total. The minimum atomic E-state index is 0.768. The zero-order chi connectivity index (χ0) is 12.1. The topological polar surface area (TPSA) is 15.3 Å². The van der Waals surface area contributed by atoms with Crippen molar-refractivity contribution in [2.24, 2.45) is 11.8 Å². The molecule has 2 fully saturated rings. The molecule has 0 aliphatic carbocycles. The number of likely N-dealkylation sites (tertiary alicyclic amines) is 1. The smallest absolute Gasteiger partial charge is 0.0197 e. The van der Waals surface area contributed by atoms with Crippen LogP contribution in [0.3, 0.4) is 0 Å². The van der Waals surface area contributed by atoms with E-state index in [1.54, 1.807) is 0 Å². The normalized spacial score (nSPS) is 36.0. The SMILES string of the molecule is CCC1CCNC(CN2CCCC(CC)C2)C1. The summed E-state index contributed by atoms with van der Waals surface area (Å²) in [5, 5.41) is 3.72. The van der Waals surface area contributed by atoms with Gasteiger partial charge in [-0.25, -0.2) is 0 Å². The molecule has 2 heterocycles. The average Bonchev–Trinajstić information content (AvgIpc) is 2.39. The van der Waals surface area contributed by atoms with Gasteiger partial charge in [-0.3, -0.25) is 0 Å². The van der Waals surface area contributed by atoms with Crippen LogP contribution in [0.5, 0.6) is 0 Å². The fraction of sp³-hybridized carbons (Fsp3) is 1.00. The van der Waals surface area contributed by atoms with Crippen LogP contribution in [-0.2, 0) is 0 Å². The Balaban J connectivity index is 1.75. The number of nitrogens with one attached hydrogen (secondary N) is 1. The number of piperidine rings is 2. The standard InChI is InChI=1S/C15H30N2/c1-3-13-7-8-16-15(10-13)12-17-9-5-6-14(4-2)11-17/h13-16H,3-12H2,1-2H3. The van der Waals surface area contributed by atoms with E-state index in [1.807, 2.05) is 0 Å². The minimum absolute atomic E-state index is 0.768. The molecule has 3 unspecified atom stereocenters. The zero-order valence-corrected chi connectivity index (χ0v) is 11.8. The second-order valence-corrected chi connectivity index (χ2v) is 6.13. The molecular weight excluding hydrogens is 208 g/mol. The first kappa shape index (κ1) is 13.4. The summed E-state index contributed by atoms with van der Waals surface area (Å²) in [5.41, 5.74) is 0. The summed E-state index contributed by atoms with van der Waals surface area (Å²) < 4.78 is 0. The van der Waals surface area contributed by atoms with Crippen molar-refractivity contribution in [2.45, 2.75) is 58.4 Å². The number of hydrogen-bond acceptors (Lipinski definition) is 2. The van der Waals surface area contributed by atoms with Gasteiger partial charge in [0.2, 0.25) is 0 Å². The quantitative estimate of drug-likeness (QED) is 0.810. The number of rotatable bonds is 4. The molecule has 1 N–H and O–H groups in total. The van der Waals surface area contributed by atoms with Crippen molar-refractivity contribution in [3.05, 3.63) is 0 Å². The first-order chi connectivity index (χ1) is 8.31. The largest absolute Gasteiger partial charge is 0.313 e. The molecule has 0 amide bonds. The van der Waals surface area contributed by atoms with Crippen LogP contribution in [0.15, 0.2) is 0 Å². The van der Waals surface area contributed by atoms with Gasteiger partial charge < -0.3 is 10.2 Å². The number of nitrogens with zero attached hydrogens (tertiary/aromatic N) is 1. The van der Waals surface area contributed by atoms with Crippen LogP contribution in [0, 0.1) is 11.8 Å². The first-order valence-corrected chi connectivity index (χ1v) is 7.77. The van der Waals surface area contributed by atoms with Crippen LogP contribution in [0.2, 0.25) is 0 Å². The summed E-state index contributed by atoms with van der Waals surface area (Å²) >= 11 is 0. The van der Waals surface area contributed by atoms with Gasteiger partial charge in [-0.2, -0.15) is 0 Å². The lowest BCUT2D eigenvalue weighted by Crippen LogP contribution is -2.48. The molecule has 0 aromatic heterocycles. The molecular formula is C15H30N2. The maximum atomic E-state index is 3.72. The van der Waals surface area contributed by atoms with E-state index in [9.17, 15) is 0 Å². The van der Waals surface area contributed by atoms with Gasteiger partial charge in [-0.1, -0.05) is 26.7 Å². The van der Waals surface area contributed by atoms with E-state index < -0.39 is 0 Å². The van der Waals surface area contributed by atoms with Crippen molar-refractivity contribution >= 4 is 0 Å². The highest BCUT2D eigenvalue weighted by atomic mass is 15.2. The average molecular weight is 238 g/mol. The van der Waals surface area contributed by atoms with Gasteiger partial charge in [0.1, 0.15) is 0 Å². The van der Waals surface area contributed by atoms with Crippen LogP contribution in [-0.4, -0.2) is 37.1 Å². The molecule has 2 heteroatoms. The monoisotopic (exact) mass is 238 g/mol. The van der Waals surface area contributed by atoms with Crippen molar-refractivity contribution in [1.82, 2.24) is 10.2 Å². The Hall–Kier alpha value is -0.0800. The van der Waals surface area contributed by atoms with Crippen molar-refractivity contribution in [2.75, 3.05) is 26.2 Å². The lowest BCUT2D eigenvalue weighted by atomic mass is 9.89. The van der Waals surface area contributed by atoms with Crippen LogP contribution < -0.4 is 5.32 Å². The molecule has 0 radical (unpaired) electrons. The van der Waals surface area contributed by atoms with Crippen molar-refractivity contribution < 1.29 is 0 Å². The van der Waals surface area contributed by atoms with Crippen LogP contribution in [0.1, 0.15) is 52.4 Å². The van der Waals surface area contributed by atoms with Gasteiger partial charge in [0.05, 0.1) is 0 Å². The summed E-state index contributed by atoms with van der Waals surface area (Å²) in [5.74, 6) is 1.95.